The number of rotatable bonds is 5. The van der Waals surface area contributed by atoms with E-state index in [0.29, 0.717) is 25.2 Å². The molecule has 0 bridgehead atoms. The summed E-state index contributed by atoms with van der Waals surface area (Å²) in [6, 6.07) is 2.60. The van der Waals surface area contributed by atoms with E-state index in [4.69, 9.17) is 4.74 Å². The summed E-state index contributed by atoms with van der Waals surface area (Å²) >= 11 is 1.06. The van der Waals surface area contributed by atoms with Crippen molar-refractivity contribution in [2.75, 3.05) is 18.6 Å². The molecule has 1 saturated heterocycles. The lowest BCUT2D eigenvalue weighted by Crippen LogP contribution is -2.52. The quantitative estimate of drug-likeness (QED) is 0.838. The van der Waals surface area contributed by atoms with Crippen molar-refractivity contribution in [3.63, 3.8) is 0 Å². The van der Waals surface area contributed by atoms with E-state index in [1.54, 1.807) is 28.1 Å². The number of nitrogens with one attached hydrogen (secondary N) is 1. The number of carbonyl (C=O) groups is 1. The number of aromatic nitrogens is 2. The van der Waals surface area contributed by atoms with Gasteiger partial charge in [-0.3, -0.25) is 14.4 Å². The highest BCUT2D eigenvalue weighted by Gasteiger charge is 2.35. The third-order valence-corrected chi connectivity index (χ3v) is 6.97. The smallest absolute Gasteiger partial charge is 0.254 e. The number of sulfonamides is 1. The summed E-state index contributed by atoms with van der Waals surface area (Å²) in [6.45, 7) is 2.39. The maximum atomic E-state index is 12.8. The van der Waals surface area contributed by atoms with E-state index in [1.807, 2.05) is 13.0 Å². The normalized spacial score (nSPS) is 18.6. The zero-order chi connectivity index (χ0) is 18.2. The van der Waals surface area contributed by atoms with Gasteiger partial charge in [-0.25, -0.2) is 8.42 Å². The molecule has 0 aromatic carbocycles. The summed E-state index contributed by atoms with van der Waals surface area (Å²) in [5.41, 5.74) is 0.802. The maximum absolute atomic E-state index is 12.8. The number of carbonyl (C=O) groups excluding carboxylic acids is 1. The summed E-state index contributed by atoms with van der Waals surface area (Å²) < 4.78 is 34.6. The predicted octanol–water partition coefficient (Wildman–Crippen LogP) is 1.27. The summed E-state index contributed by atoms with van der Waals surface area (Å²) in [5, 5.41) is 5.89. The molecule has 1 aliphatic heterocycles. The van der Waals surface area contributed by atoms with E-state index >= 15 is 0 Å². The van der Waals surface area contributed by atoms with Gasteiger partial charge in [0.2, 0.25) is 5.91 Å². The molecule has 0 aliphatic carbocycles. The zero-order valence-electron chi connectivity index (χ0n) is 14.2. The lowest BCUT2D eigenvalue weighted by Gasteiger charge is -2.32. The second-order valence-electron chi connectivity index (χ2n) is 5.85. The lowest BCUT2D eigenvalue weighted by atomic mass is 10.1. The van der Waals surface area contributed by atoms with Crippen molar-refractivity contribution < 1.29 is 17.9 Å². The Morgan fingerprint density at radius 3 is 2.84 bits per heavy atom. The van der Waals surface area contributed by atoms with Crippen LogP contribution in [0, 0.1) is 6.92 Å². The van der Waals surface area contributed by atoms with Crippen LogP contribution in [0.2, 0.25) is 0 Å². The second kappa shape index (κ2) is 6.77. The Hall–Kier alpha value is -1.91. The minimum atomic E-state index is -3.83. The van der Waals surface area contributed by atoms with E-state index in [9.17, 15) is 13.2 Å². The van der Waals surface area contributed by atoms with Crippen LogP contribution < -0.4 is 14.4 Å². The minimum absolute atomic E-state index is 0.0799. The van der Waals surface area contributed by atoms with Crippen LogP contribution in [-0.2, 0) is 21.9 Å². The fourth-order valence-corrected chi connectivity index (χ4v) is 5.45. The van der Waals surface area contributed by atoms with Gasteiger partial charge >= 0.3 is 0 Å². The van der Waals surface area contributed by atoms with Gasteiger partial charge in [-0.1, -0.05) is 0 Å². The van der Waals surface area contributed by atoms with Crippen LogP contribution in [0.3, 0.4) is 0 Å². The van der Waals surface area contributed by atoms with Gasteiger partial charge in [0, 0.05) is 19.7 Å². The predicted molar refractivity (Wildman–Crippen MR) is 94.5 cm³/mol. The Morgan fingerprint density at radius 1 is 1.44 bits per heavy atom. The molecule has 1 unspecified atom stereocenters. The first kappa shape index (κ1) is 17.9. The fraction of sp³-hybridized carbons (Fsp3) is 0.467. The number of nitrogens with zero attached hydrogens (tertiary/aromatic N) is 3. The number of piperidine rings is 1. The minimum Gasteiger partial charge on any atom is -0.494 e. The number of thiophene rings is 1. The summed E-state index contributed by atoms with van der Waals surface area (Å²) in [4.78, 5) is 14.4. The first-order valence-electron chi connectivity index (χ1n) is 7.79. The molecule has 1 fully saturated rings. The first-order chi connectivity index (χ1) is 11.8. The van der Waals surface area contributed by atoms with Gasteiger partial charge in [-0.2, -0.15) is 9.82 Å². The molecule has 0 saturated carbocycles. The molecule has 8 nitrogen and oxygen atoms in total. The standard InChI is InChI=1S/C15H20N4O4S2/c1-10-9-13(18(2)16-10)19-7-4-5-11(14(19)20)17-25(21,22)15-12(23-3)6-8-24-15/h6,8-9,11,17H,4-5,7H2,1-3H3. The largest absolute Gasteiger partial charge is 0.494 e. The van der Waals surface area contributed by atoms with Crippen LogP contribution >= 0.6 is 11.3 Å². The molecular formula is C15H20N4O4S2. The molecule has 0 radical (unpaired) electrons. The molecule has 3 rings (SSSR count). The number of ether oxygens (including phenoxy) is 1. The maximum Gasteiger partial charge on any atom is 0.254 e. The van der Waals surface area contributed by atoms with Gasteiger partial charge in [0.15, 0.2) is 4.21 Å². The van der Waals surface area contributed by atoms with Gasteiger partial charge in [-0.05, 0) is 31.2 Å². The van der Waals surface area contributed by atoms with Crippen LogP contribution in [0.5, 0.6) is 5.75 Å². The van der Waals surface area contributed by atoms with Crippen LogP contribution in [0.1, 0.15) is 18.5 Å². The van der Waals surface area contributed by atoms with E-state index < -0.39 is 16.1 Å². The Morgan fingerprint density at radius 2 is 2.20 bits per heavy atom. The van der Waals surface area contributed by atoms with Gasteiger partial charge in [0.05, 0.1) is 12.8 Å². The average Bonchev–Trinajstić information content (AvgIpc) is 3.16. The summed E-state index contributed by atoms with van der Waals surface area (Å²) in [6.07, 6.45) is 1.16. The third kappa shape index (κ3) is 3.42. The highest BCUT2D eigenvalue weighted by Crippen LogP contribution is 2.30. The Bertz CT molecular complexity index is 887. The first-order valence-corrected chi connectivity index (χ1v) is 10.2. The zero-order valence-corrected chi connectivity index (χ0v) is 15.9. The number of aryl methyl sites for hydroxylation is 2. The van der Waals surface area contributed by atoms with Crippen molar-refractivity contribution in [1.29, 1.82) is 0 Å². The van der Waals surface area contributed by atoms with Crippen molar-refractivity contribution in [3.05, 3.63) is 23.2 Å². The highest BCUT2D eigenvalue weighted by atomic mass is 32.2. The third-order valence-electron chi connectivity index (χ3n) is 4.05. The van der Waals surface area contributed by atoms with Crippen LogP contribution in [0.25, 0.3) is 0 Å². The molecule has 10 heteroatoms. The number of anilines is 1. The van der Waals surface area contributed by atoms with Gasteiger partial charge in [0.25, 0.3) is 10.0 Å². The molecule has 25 heavy (non-hydrogen) atoms. The molecule has 1 N–H and O–H groups in total. The van der Waals surface area contributed by atoms with E-state index in [-0.39, 0.29) is 15.9 Å². The van der Waals surface area contributed by atoms with Crippen molar-refractivity contribution in [1.82, 2.24) is 14.5 Å². The molecule has 136 valence electrons. The Labute approximate surface area is 150 Å². The lowest BCUT2D eigenvalue weighted by molar-refractivity contribution is -0.121. The highest BCUT2D eigenvalue weighted by molar-refractivity contribution is 7.91. The SMILES string of the molecule is COc1ccsc1S(=O)(=O)NC1CCCN(c2cc(C)nn2C)C1=O. The summed E-state index contributed by atoms with van der Waals surface area (Å²) in [5.74, 6) is 0.674. The van der Waals surface area contributed by atoms with Crippen LogP contribution in [0.15, 0.2) is 21.7 Å². The molecule has 2 aromatic heterocycles. The monoisotopic (exact) mass is 384 g/mol. The fourth-order valence-electron chi connectivity index (χ4n) is 2.93. The van der Waals surface area contributed by atoms with Crippen molar-refractivity contribution in [2.24, 2.45) is 7.05 Å². The molecular weight excluding hydrogens is 364 g/mol. The van der Waals surface area contributed by atoms with Crippen molar-refractivity contribution in [2.45, 2.75) is 30.0 Å². The topological polar surface area (TPSA) is 93.5 Å². The summed E-state index contributed by atoms with van der Waals surface area (Å²) in [7, 11) is -0.649. The number of amides is 1. The van der Waals surface area contributed by atoms with E-state index in [0.717, 1.165) is 17.0 Å². The number of hydrogen-bond donors (Lipinski definition) is 1. The molecule has 0 spiro atoms. The molecule has 1 aliphatic rings. The molecule has 1 atom stereocenters. The Balaban J connectivity index is 1.83. The van der Waals surface area contributed by atoms with Crippen molar-refractivity contribution in [3.8, 4) is 5.75 Å². The number of methoxy groups -OCH3 is 1. The van der Waals surface area contributed by atoms with E-state index in [1.165, 1.54) is 7.11 Å². The van der Waals surface area contributed by atoms with Crippen molar-refractivity contribution >= 4 is 33.1 Å². The van der Waals surface area contributed by atoms with Gasteiger partial charge < -0.3 is 4.74 Å². The average molecular weight is 384 g/mol. The van der Waals surface area contributed by atoms with Crippen LogP contribution in [0.4, 0.5) is 5.82 Å². The molecule has 1 amide bonds. The molecule has 3 heterocycles. The second-order valence-corrected chi connectivity index (χ2v) is 8.68. The molecule has 2 aromatic rings. The van der Waals surface area contributed by atoms with E-state index in [2.05, 4.69) is 9.82 Å². The van der Waals surface area contributed by atoms with Gasteiger partial charge in [-0.15, -0.1) is 11.3 Å². The van der Waals surface area contributed by atoms with Gasteiger partial charge in [0.1, 0.15) is 17.6 Å². The number of hydrogen-bond acceptors (Lipinski definition) is 6. The van der Waals surface area contributed by atoms with Crippen LogP contribution in [-0.4, -0.2) is 43.8 Å². The Kier molecular flexibility index (Phi) is 4.85.